The van der Waals surface area contributed by atoms with Crippen molar-refractivity contribution in [3.63, 3.8) is 0 Å². The van der Waals surface area contributed by atoms with Crippen molar-refractivity contribution in [2.24, 2.45) is 5.73 Å². The second-order valence-electron chi connectivity index (χ2n) is 4.86. The van der Waals surface area contributed by atoms with Gasteiger partial charge in [0.1, 0.15) is 5.82 Å². The summed E-state index contributed by atoms with van der Waals surface area (Å²) in [6.07, 6.45) is 2.95. The molecule has 0 aliphatic rings. The van der Waals surface area contributed by atoms with Crippen LogP contribution < -0.4 is 11.1 Å². The maximum absolute atomic E-state index is 13.7. The number of nitrogens with two attached hydrogens (primary N) is 1. The molecule has 0 saturated heterocycles. The van der Waals surface area contributed by atoms with Crippen molar-refractivity contribution in [1.29, 1.82) is 0 Å². The smallest absolute Gasteiger partial charge is 0.248 e. The Morgan fingerprint density at radius 2 is 1.84 bits per heavy atom. The fourth-order valence-corrected chi connectivity index (χ4v) is 2.27. The van der Waals surface area contributed by atoms with Crippen molar-refractivity contribution in [3.8, 4) is 0 Å². The number of nitrogens with one attached hydrogen (secondary N) is 1. The van der Waals surface area contributed by atoms with Gasteiger partial charge in [0.15, 0.2) is 0 Å². The molecule has 0 aromatic heterocycles. The molecule has 4 heteroatoms. The molecule has 0 aliphatic heterocycles. The minimum absolute atomic E-state index is 0.0230. The van der Waals surface area contributed by atoms with Gasteiger partial charge in [-0.15, -0.1) is 0 Å². The van der Waals surface area contributed by atoms with E-state index in [0.29, 0.717) is 17.7 Å². The van der Waals surface area contributed by atoms with Crippen LogP contribution in [0.3, 0.4) is 0 Å². The molecule has 1 aromatic carbocycles. The number of hydrogen-bond acceptors (Lipinski definition) is 2. The third-order valence-corrected chi connectivity index (χ3v) is 4.01. The molecule has 3 nitrogen and oxygen atoms in total. The molecule has 0 spiro atoms. The van der Waals surface area contributed by atoms with Crippen molar-refractivity contribution >= 4 is 5.91 Å². The predicted octanol–water partition coefficient (Wildman–Crippen LogP) is 2.98. The zero-order valence-electron chi connectivity index (χ0n) is 11.9. The van der Waals surface area contributed by atoms with Crippen LogP contribution in [-0.4, -0.2) is 11.4 Å². The first-order chi connectivity index (χ1) is 8.98. The fourth-order valence-electron chi connectivity index (χ4n) is 2.27. The summed E-state index contributed by atoms with van der Waals surface area (Å²) in [6.45, 7) is 6.77. The summed E-state index contributed by atoms with van der Waals surface area (Å²) in [4.78, 5) is 11.1. The molecule has 19 heavy (non-hydrogen) atoms. The van der Waals surface area contributed by atoms with E-state index >= 15 is 0 Å². The zero-order chi connectivity index (χ0) is 14.5. The normalized spacial score (nSPS) is 11.6. The van der Waals surface area contributed by atoms with Gasteiger partial charge in [-0.1, -0.05) is 20.8 Å². The topological polar surface area (TPSA) is 55.1 Å². The van der Waals surface area contributed by atoms with Gasteiger partial charge in [0.25, 0.3) is 0 Å². The molecule has 0 heterocycles. The SMILES string of the molecule is CCC(CC)(CC)NCc1cc(C(N)=O)ccc1F. The van der Waals surface area contributed by atoms with E-state index in [4.69, 9.17) is 5.73 Å². The van der Waals surface area contributed by atoms with Crippen molar-refractivity contribution < 1.29 is 9.18 Å². The number of rotatable bonds is 7. The quantitative estimate of drug-likeness (QED) is 0.797. The van der Waals surface area contributed by atoms with E-state index in [1.54, 1.807) is 0 Å². The van der Waals surface area contributed by atoms with Gasteiger partial charge in [-0.25, -0.2) is 4.39 Å². The summed E-state index contributed by atoms with van der Waals surface area (Å²) in [5.74, 6) is -0.844. The van der Waals surface area contributed by atoms with E-state index in [1.165, 1.54) is 18.2 Å². The van der Waals surface area contributed by atoms with E-state index in [2.05, 4.69) is 26.1 Å². The molecule has 0 bridgehead atoms. The summed E-state index contributed by atoms with van der Waals surface area (Å²) in [5, 5.41) is 3.41. The Hall–Kier alpha value is -1.42. The molecule has 1 rings (SSSR count). The van der Waals surface area contributed by atoms with Gasteiger partial charge < -0.3 is 11.1 Å². The maximum Gasteiger partial charge on any atom is 0.248 e. The van der Waals surface area contributed by atoms with E-state index in [1.807, 2.05) is 0 Å². The number of amides is 1. The van der Waals surface area contributed by atoms with Gasteiger partial charge in [0.05, 0.1) is 0 Å². The maximum atomic E-state index is 13.7. The lowest BCUT2D eigenvalue weighted by molar-refractivity contribution is 0.1000. The van der Waals surface area contributed by atoms with Crippen molar-refractivity contribution in [3.05, 3.63) is 35.1 Å². The fraction of sp³-hybridized carbons (Fsp3) is 0.533. The molecule has 1 amide bonds. The number of benzene rings is 1. The zero-order valence-corrected chi connectivity index (χ0v) is 11.9. The Kier molecular flexibility index (Phi) is 5.48. The van der Waals surface area contributed by atoms with Gasteiger partial charge in [-0.3, -0.25) is 4.79 Å². The summed E-state index contributed by atoms with van der Waals surface area (Å²) in [6, 6.07) is 4.23. The highest BCUT2D eigenvalue weighted by molar-refractivity contribution is 5.92. The Morgan fingerprint density at radius 3 is 2.32 bits per heavy atom. The van der Waals surface area contributed by atoms with Crippen LogP contribution >= 0.6 is 0 Å². The van der Waals surface area contributed by atoms with Gasteiger partial charge in [0, 0.05) is 23.2 Å². The second kappa shape index (κ2) is 6.66. The Morgan fingerprint density at radius 1 is 1.26 bits per heavy atom. The van der Waals surface area contributed by atoms with Crippen LogP contribution in [0.4, 0.5) is 4.39 Å². The summed E-state index contributed by atoms with van der Waals surface area (Å²) >= 11 is 0. The Labute approximate surface area is 114 Å². The summed E-state index contributed by atoms with van der Waals surface area (Å²) in [5.41, 5.74) is 6.06. The third kappa shape index (κ3) is 3.77. The van der Waals surface area contributed by atoms with Gasteiger partial charge in [-0.2, -0.15) is 0 Å². The summed E-state index contributed by atoms with van der Waals surface area (Å²) in [7, 11) is 0. The van der Waals surface area contributed by atoms with E-state index in [9.17, 15) is 9.18 Å². The number of primary amides is 1. The van der Waals surface area contributed by atoms with Crippen molar-refractivity contribution in [2.75, 3.05) is 0 Å². The van der Waals surface area contributed by atoms with Crippen LogP contribution in [0.25, 0.3) is 0 Å². The van der Waals surface area contributed by atoms with E-state index in [0.717, 1.165) is 19.3 Å². The molecule has 0 radical (unpaired) electrons. The second-order valence-corrected chi connectivity index (χ2v) is 4.86. The molecule has 0 aliphatic carbocycles. The van der Waals surface area contributed by atoms with Gasteiger partial charge in [0.2, 0.25) is 5.91 Å². The van der Waals surface area contributed by atoms with Crippen molar-refractivity contribution in [1.82, 2.24) is 5.32 Å². The molecular formula is C15H23FN2O. The lowest BCUT2D eigenvalue weighted by Crippen LogP contribution is -2.43. The lowest BCUT2D eigenvalue weighted by atomic mass is 9.89. The summed E-state index contributed by atoms with van der Waals surface area (Å²) < 4.78 is 13.7. The Balaban J connectivity index is 2.87. The van der Waals surface area contributed by atoms with Crippen LogP contribution in [0.5, 0.6) is 0 Å². The number of carbonyl (C=O) groups is 1. The predicted molar refractivity (Wildman–Crippen MR) is 75.4 cm³/mol. The standard InChI is InChI=1S/C15H23FN2O/c1-4-15(5-2,6-3)18-10-12-9-11(14(17)19)7-8-13(12)16/h7-9,18H,4-6,10H2,1-3H3,(H2,17,19). The average molecular weight is 266 g/mol. The molecule has 1 aromatic rings. The highest BCUT2D eigenvalue weighted by atomic mass is 19.1. The number of carbonyl (C=O) groups excluding carboxylic acids is 1. The average Bonchev–Trinajstić information content (AvgIpc) is 2.42. The molecule has 106 valence electrons. The molecule has 0 fully saturated rings. The molecule has 0 unspecified atom stereocenters. The molecular weight excluding hydrogens is 243 g/mol. The van der Waals surface area contributed by atoms with Gasteiger partial charge >= 0.3 is 0 Å². The van der Waals surface area contributed by atoms with Gasteiger partial charge in [-0.05, 0) is 37.5 Å². The largest absolute Gasteiger partial charge is 0.366 e. The van der Waals surface area contributed by atoms with Crippen molar-refractivity contribution in [2.45, 2.75) is 52.1 Å². The van der Waals surface area contributed by atoms with Crippen LogP contribution in [0.2, 0.25) is 0 Å². The highest BCUT2D eigenvalue weighted by Crippen LogP contribution is 2.21. The monoisotopic (exact) mass is 266 g/mol. The molecule has 0 saturated carbocycles. The molecule has 0 atom stereocenters. The third-order valence-electron chi connectivity index (χ3n) is 4.01. The van der Waals surface area contributed by atoms with Crippen LogP contribution in [0, 0.1) is 5.82 Å². The molecule has 3 N–H and O–H groups in total. The van der Waals surface area contributed by atoms with Crippen LogP contribution in [0.1, 0.15) is 56.0 Å². The minimum atomic E-state index is -0.533. The Bertz CT molecular complexity index is 434. The minimum Gasteiger partial charge on any atom is -0.366 e. The lowest BCUT2D eigenvalue weighted by Gasteiger charge is -2.32. The van der Waals surface area contributed by atoms with Crippen LogP contribution in [0.15, 0.2) is 18.2 Å². The van der Waals surface area contributed by atoms with Crippen LogP contribution in [-0.2, 0) is 6.54 Å². The number of hydrogen-bond donors (Lipinski definition) is 2. The highest BCUT2D eigenvalue weighted by Gasteiger charge is 2.23. The first kappa shape index (κ1) is 15.6. The first-order valence-electron chi connectivity index (χ1n) is 6.81. The van der Waals surface area contributed by atoms with E-state index < -0.39 is 5.91 Å². The first-order valence-corrected chi connectivity index (χ1v) is 6.81. The van der Waals surface area contributed by atoms with E-state index in [-0.39, 0.29) is 11.4 Å². The number of halogens is 1.